The molecule has 0 aliphatic heterocycles. The van der Waals surface area contributed by atoms with E-state index in [0.29, 0.717) is 6.04 Å². The quantitative estimate of drug-likeness (QED) is 0.361. The monoisotopic (exact) mass is 411 g/mol. The van der Waals surface area contributed by atoms with Crippen molar-refractivity contribution >= 4 is 11.0 Å². The number of aromatic nitrogens is 2. The number of nitrogens with zero attached hydrogens (tertiary/aromatic N) is 2. The zero-order chi connectivity index (χ0) is 21.0. The van der Waals surface area contributed by atoms with Gasteiger partial charge in [0.05, 0.1) is 0 Å². The van der Waals surface area contributed by atoms with E-state index in [1.165, 1.54) is 46.0 Å². The first-order chi connectivity index (χ1) is 15.3. The lowest BCUT2D eigenvalue weighted by molar-refractivity contribution is 0.190. The van der Waals surface area contributed by atoms with Gasteiger partial charge in [-0.15, -0.1) is 0 Å². The first kappa shape index (κ1) is 20.0. The van der Waals surface area contributed by atoms with Crippen LogP contribution in [0, 0.1) is 0 Å². The predicted molar refractivity (Wildman–Crippen MR) is 127 cm³/mol. The molecule has 2 aromatic heterocycles. The fourth-order valence-electron chi connectivity index (χ4n) is 4.24. The van der Waals surface area contributed by atoms with Gasteiger partial charge in [0, 0.05) is 50.6 Å². The average molecular weight is 412 g/mol. The molecule has 0 radical (unpaired) electrons. The van der Waals surface area contributed by atoms with E-state index in [1.807, 2.05) is 6.20 Å². The zero-order valence-corrected chi connectivity index (χ0v) is 18.1. The van der Waals surface area contributed by atoms with E-state index in [2.05, 4.69) is 76.7 Å². The van der Waals surface area contributed by atoms with Crippen LogP contribution in [0.5, 0.6) is 0 Å². The van der Waals surface area contributed by atoms with Crippen molar-refractivity contribution in [3.63, 3.8) is 0 Å². The molecule has 0 unspecified atom stereocenters. The lowest BCUT2D eigenvalue weighted by atomic mass is 9.98. The number of aryl methyl sites for hydroxylation is 1. The fraction of sp³-hybridized carbons (Fsp3) is 0.296. The second kappa shape index (κ2) is 9.04. The third kappa shape index (κ3) is 4.41. The Kier molecular flexibility index (Phi) is 5.83. The van der Waals surface area contributed by atoms with Gasteiger partial charge < -0.3 is 14.6 Å². The first-order valence-electron chi connectivity index (χ1n) is 11.2. The van der Waals surface area contributed by atoms with Gasteiger partial charge in [-0.3, -0.25) is 0 Å². The van der Waals surface area contributed by atoms with Gasteiger partial charge in [0.2, 0.25) is 0 Å². The largest absolute Gasteiger partial charge is 0.385 e. The van der Waals surface area contributed by atoms with E-state index in [9.17, 15) is 0 Å². The van der Waals surface area contributed by atoms with Crippen molar-refractivity contribution in [2.24, 2.45) is 0 Å². The molecule has 1 fully saturated rings. The minimum atomic E-state index is 0.678. The fourth-order valence-corrected chi connectivity index (χ4v) is 4.24. The number of fused-ring (bicyclic) bond motifs is 1. The Bertz CT molecular complexity index is 1140. The van der Waals surface area contributed by atoms with Gasteiger partial charge in [0.25, 0.3) is 0 Å². The molecular formula is C27H29N3O. The van der Waals surface area contributed by atoms with E-state index < -0.39 is 0 Å². The van der Waals surface area contributed by atoms with Gasteiger partial charge in [-0.1, -0.05) is 54.6 Å². The summed E-state index contributed by atoms with van der Waals surface area (Å²) in [6.45, 7) is 2.56. The zero-order valence-electron chi connectivity index (χ0n) is 18.1. The maximum atomic E-state index is 5.26. The average Bonchev–Trinajstić information content (AvgIpc) is 3.59. The smallest absolute Gasteiger partial charge is 0.140 e. The summed E-state index contributed by atoms with van der Waals surface area (Å²) in [5.74, 6) is 0. The van der Waals surface area contributed by atoms with Crippen molar-refractivity contribution in [1.29, 1.82) is 0 Å². The van der Waals surface area contributed by atoms with Crippen molar-refractivity contribution in [3.05, 3.63) is 78.6 Å². The molecule has 1 aliphatic rings. The standard InChI is InChI=1S/C27H29N3O/c1-31-17-5-16-30-19-23(18-29-24-12-13-24)26-25(14-15-28-27(26)30)22-10-8-21(9-11-22)20-6-3-2-4-7-20/h2-4,6-11,14-15,19,24,29H,5,12-13,16-18H2,1H3. The van der Waals surface area contributed by atoms with Crippen molar-refractivity contribution in [1.82, 2.24) is 14.9 Å². The molecule has 1 aliphatic carbocycles. The number of hydrogen-bond donors (Lipinski definition) is 1. The molecular weight excluding hydrogens is 382 g/mol. The summed E-state index contributed by atoms with van der Waals surface area (Å²) in [4.78, 5) is 4.77. The molecule has 31 heavy (non-hydrogen) atoms. The lowest BCUT2D eigenvalue weighted by Crippen LogP contribution is -2.15. The lowest BCUT2D eigenvalue weighted by Gasteiger charge is -2.09. The van der Waals surface area contributed by atoms with E-state index in [1.54, 1.807) is 7.11 Å². The number of rotatable bonds is 9. The minimum Gasteiger partial charge on any atom is -0.385 e. The SMILES string of the molecule is COCCCn1cc(CNC2CC2)c2c(-c3ccc(-c4ccccc4)cc3)ccnc21. The highest BCUT2D eigenvalue weighted by molar-refractivity contribution is 5.96. The maximum absolute atomic E-state index is 5.26. The van der Waals surface area contributed by atoms with Crippen molar-refractivity contribution < 1.29 is 4.74 Å². The highest BCUT2D eigenvalue weighted by Gasteiger charge is 2.22. The van der Waals surface area contributed by atoms with Gasteiger partial charge >= 0.3 is 0 Å². The Morgan fingerprint density at radius 1 is 0.968 bits per heavy atom. The summed E-state index contributed by atoms with van der Waals surface area (Å²) in [5, 5.41) is 4.95. The first-order valence-corrected chi connectivity index (χ1v) is 11.2. The van der Waals surface area contributed by atoms with Crippen LogP contribution in [0.15, 0.2) is 73.1 Å². The topological polar surface area (TPSA) is 39.1 Å². The highest BCUT2D eigenvalue weighted by Crippen LogP contribution is 2.33. The molecule has 0 amide bonds. The van der Waals surface area contributed by atoms with E-state index in [-0.39, 0.29) is 0 Å². The van der Waals surface area contributed by atoms with Crippen LogP contribution in [0.1, 0.15) is 24.8 Å². The van der Waals surface area contributed by atoms with Crippen molar-refractivity contribution in [2.45, 2.75) is 38.4 Å². The van der Waals surface area contributed by atoms with Crippen LogP contribution in [-0.2, 0) is 17.8 Å². The number of ether oxygens (including phenoxy) is 1. The molecule has 0 saturated heterocycles. The molecule has 1 N–H and O–H groups in total. The van der Waals surface area contributed by atoms with E-state index in [0.717, 1.165) is 31.8 Å². The minimum absolute atomic E-state index is 0.678. The normalized spacial score (nSPS) is 13.7. The van der Waals surface area contributed by atoms with E-state index >= 15 is 0 Å². The van der Waals surface area contributed by atoms with Gasteiger partial charge in [-0.05, 0) is 53.1 Å². The summed E-state index contributed by atoms with van der Waals surface area (Å²) >= 11 is 0. The summed E-state index contributed by atoms with van der Waals surface area (Å²) < 4.78 is 7.56. The van der Waals surface area contributed by atoms with Crippen LogP contribution in [0.4, 0.5) is 0 Å². The molecule has 0 atom stereocenters. The van der Waals surface area contributed by atoms with Crippen LogP contribution < -0.4 is 5.32 Å². The predicted octanol–water partition coefficient (Wildman–Crippen LogP) is 5.66. The number of hydrogen-bond acceptors (Lipinski definition) is 3. The van der Waals surface area contributed by atoms with Crippen LogP contribution in [-0.4, -0.2) is 29.3 Å². The van der Waals surface area contributed by atoms with Crippen LogP contribution in [0.3, 0.4) is 0 Å². The highest BCUT2D eigenvalue weighted by atomic mass is 16.5. The molecule has 5 rings (SSSR count). The maximum Gasteiger partial charge on any atom is 0.140 e. The van der Waals surface area contributed by atoms with Crippen molar-refractivity contribution in [2.75, 3.05) is 13.7 Å². The Balaban J connectivity index is 1.52. The number of pyridine rings is 1. The molecule has 2 aromatic carbocycles. The summed E-state index contributed by atoms with van der Waals surface area (Å²) in [6.07, 6.45) is 7.78. The van der Waals surface area contributed by atoms with E-state index in [4.69, 9.17) is 9.72 Å². The van der Waals surface area contributed by atoms with Gasteiger partial charge in [0.15, 0.2) is 0 Å². The molecule has 158 valence electrons. The second-order valence-corrected chi connectivity index (χ2v) is 8.35. The number of nitrogens with one attached hydrogen (secondary N) is 1. The van der Waals surface area contributed by atoms with Gasteiger partial charge in [-0.25, -0.2) is 4.98 Å². The molecule has 4 aromatic rings. The molecule has 0 bridgehead atoms. The van der Waals surface area contributed by atoms with Crippen LogP contribution >= 0.6 is 0 Å². The Hall–Kier alpha value is -2.95. The van der Waals surface area contributed by atoms with Gasteiger partial charge in [-0.2, -0.15) is 0 Å². The van der Waals surface area contributed by atoms with Gasteiger partial charge in [0.1, 0.15) is 5.65 Å². The Labute approximate surface area is 183 Å². The van der Waals surface area contributed by atoms with Crippen LogP contribution in [0.2, 0.25) is 0 Å². The number of methoxy groups -OCH3 is 1. The molecule has 4 nitrogen and oxygen atoms in total. The third-order valence-corrected chi connectivity index (χ3v) is 6.04. The molecule has 1 saturated carbocycles. The summed E-state index contributed by atoms with van der Waals surface area (Å²) in [6, 6.07) is 22.3. The molecule has 0 spiro atoms. The molecule has 2 heterocycles. The summed E-state index contributed by atoms with van der Waals surface area (Å²) in [7, 11) is 1.76. The third-order valence-electron chi connectivity index (χ3n) is 6.04. The Morgan fingerprint density at radius 2 is 1.71 bits per heavy atom. The Morgan fingerprint density at radius 3 is 2.45 bits per heavy atom. The second-order valence-electron chi connectivity index (χ2n) is 8.35. The van der Waals surface area contributed by atoms with Crippen molar-refractivity contribution in [3.8, 4) is 22.3 Å². The number of benzene rings is 2. The summed E-state index contributed by atoms with van der Waals surface area (Å²) in [5.41, 5.74) is 7.36. The van der Waals surface area contributed by atoms with Crippen LogP contribution in [0.25, 0.3) is 33.3 Å². The molecule has 4 heteroatoms.